The molecule has 0 saturated heterocycles. The molecule has 2 N–H and O–H groups in total. The van der Waals surface area contributed by atoms with Gasteiger partial charge in [0.1, 0.15) is 6.61 Å². The topological polar surface area (TPSA) is 67.4 Å². The first-order valence-electron chi connectivity index (χ1n) is 9.44. The molecular weight excluding hydrogens is 348 g/mol. The predicted octanol–water partition coefficient (Wildman–Crippen LogP) is 3.69. The molecule has 2 aliphatic rings. The van der Waals surface area contributed by atoms with Crippen LogP contribution >= 0.6 is 11.8 Å². The van der Waals surface area contributed by atoms with Crippen molar-refractivity contribution in [3.8, 4) is 0 Å². The lowest BCUT2D eigenvalue weighted by molar-refractivity contribution is -0.122. The van der Waals surface area contributed by atoms with Crippen LogP contribution < -0.4 is 10.6 Å². The summed E-state index contributed by atoms with van der Waals surface area (Å²) >= 11 is 1.44. The van der Waals surface area contributed by atoms with Gasteiger partial charge in [0.15, 0.2) is 5.37 Å². The van der Waals surface area contributed by atoms with Gasteiger partial charge in [-0.1, -0.05) is 50.6 Å². The molecule has 0 radical (unpaired) electrons. The van der Waals surface area contributed by atoms with Gasteiger partial charge in [0.25, 0.3) is 5.91 Å². The monoisotopic (exact) mass is 376 g/mol. The summed E-state index contributed by atoms with van der Waals surface area (Å²) in [4.78, 5) is 24.9. The Morgan fingerprint density at radius 2 is 1.96 bits per heavy atom. The number of amides is 2. The maximum atomic E-state index is 12.7. The Kier molecular flexibility index (Phi) is 6.46. The van der Waals surface area contributed by atoms with Crippen LogP contribution in [0.15, 0.2) is 30.3 Å². The number of hydrogen-bond acceptors (Lipinski definition) is 4. The first-order valence-corrected chi connectivity index (χ1v) is 10.4. The van der Waals surface area contributed by atoms with Crippen molar-refractivity contribution in [2.75, 3.05) is 0 Å². The molecule has 2 fully saturated rings. The second-order valence-corrected chi connectivity index (χ2v) is 9.25. The van der Waals surface area contributed by atoms with Gasteiger partial charge in [0.2, 0.25) is 0 Å². The Balaban J connectivity index is 1.51. The third-order valence-electron chi connectivity index (χ3n) is 5.17. The molecule has 2 amide bonds. The van der Waals surface area contributed by atoms with Crippen molar-refractivity contribution in [2.24, 2.45) is 11.8 Å². The van der Waals surface area contributed by atoms with E-state index in [1.165, 1.54) is 31.0 Å². The lowest BCUT2D eigenvalue weighted by Crippen LogP contribution is -2.49. The number of nitrogens with one attached hydrogen (secondary N) is 2. The van der Waals surface area contributed by atoms with Crippen LogP contribution in [-0.4, -0.2) is 28.7 Å². The zero-order valence-corrected chi connectivity index (χ0v) is 16.3. The highest BCUT2D eigenvalue weighted by Gasteiger charge is 2.41. The molecule has 4 atom stereocenters. The number of rotatable bonds is 7. The Morgan fingerprint density at radius 1 is 1.19 bits per heavy atom. The molecule has 0 spiro atoms. The molecular formula is C20H28N2O3S. The summed E-state index contributed by atoms with van der Waals surface area (Å²) in [5.74, 6) is 1.27. The smallest absolute Gasteiger partial charge is 0.408 e. The molecule has 3 rings (SSSR count). The van der Waals surface area contributed by atoms with Crippen LogP contribution in [0.4, 0.5) is 4.79 Å². The van der Waals surface area contributed by atoms with Gasteiger partial charge >= 0.3 is 6.09 Å². The van der Waals surface area contributed by atoms with Crippen LogP contribution in [0.1, 0.15) is 45.1 Å². The first-order chi connectivity index (χ1) is 12.5. The van der Waals surface area contributed by atoms with E-state index < -0.39 is 11.5 Å². The van der Waals surface area contributed by atoms with Gasteiger partial charge in [0, 0.05) is 11.3 Å². The summed E-state index contributed by atoms with van der Waals surface area (Å²) in [5.41, 5.74) is 0.919. The molecule has 2 bridgehead atoms. The van der Waals surface area contributed by atoms with Crippen LogP contribution in [0.3, 0.4) is 0 Å². The van der Waals surface area contributed by atoms with E-state index in [1.54, 1.807) is 0 Å². The highest BCUT2D eigenvalue weighted by molar-refractivity contribution is 8.01. The third-order valence-corrected chi connectivity index (χ3v) is 6.32. The van der Waals surface area contributed by atoms with Gasteiger partial charge in [-0.3, -0.25) is 4.79 Å². The van der Waals surface area contributed by atoms with Crippen molar-refractivity contribution in [3.05, 3.63) is 35.9 Å². The zero-order chi connectivity index (χ0) is 18.5. The number of hydrogen-bond donors (Lipinski definition) is 2. The van der Waals surface area contributed by atoms with Crippen LogP contribution in [0, 0.1) is 11.8 Å². The fourth-order valence-corrected chi connectivity index (χ4v) is 4.89. The summed E-state index contributed by atoms with van der Waals surface area (Å²) in [6.07, 6.45) is 4.26. The molecule has 2 aliphatic carbocycles. The molecule has 1 unspecified atom stereocenters. The summed E-state index contributed by atoms with van der Waals surface area (Å²) in [5, 5.41) is 5.49. The molecule has 2 saturated carbocycles. The number of carbonyl (C=O) groups excluding carboxylic acids is 2. The summed E-state index contributed by atoms with van der Waals surface area (Å²) < 4.78 is 5.27. The number of thioether (sulfide) groups is 1. The average molecular weight is 377 g/mol. The number of benzene rings is 1. The van der Waals surface area contributed by atoms with Crippen molar-refractivity contribution in [2.45, 2.75) is 62.8 Å². The number of alkyl carbamates (subject to hydrolysis) is 1. The summed E-state index contributed by atoms with van der Waals surface area (Å²) in [6, 6.07) is 9.77. The standard InChI is InChI=1S/C20H28N2O3S/c1-13(2)26-19(18(23)21-17-11-15-8-9-16(17)10-15)22-20(24)25-12-14-6-4-3-5-7-14/h3-7,13,15-17,19H,8-12H2,1-2H3,(H,21,23)(H,22,24)/t15-,16+,17+,19?/m0/s1. The second-order valence-electron chi connectivity index (χ2n) is 7.56. The van der Waals surface area contributed by atoms with Crippen LogP contribution in [0.5, 0.6) is 0 Å². The molecule has 5 nitrogen and oxygen atoms in total. The molecule has 0 heterocycles. The zero-order valence-electron chi connectivity index (χ0n) is 15.4. The molecule has 6 heteroatoms. The van der Waals surface area contributed by atoms with Gasteiger partial charge in [-0.15, -0.1) is 11.8 Å². The van der Waals surface area contributed by atoms with E-state index in [4.69, 9.17) is 4.74 Å². The maximum Gasteiger partial charge on any atom is 0.408 e. The lowest BCUT2D eigenvalue weighted by Gasteiger charge is -2.26. The SMILES string of the molecule is CC(C)SC(NC(=O)OCc1ccccc1)C(=O)N[C@@H]1C[C@H]2CC[C@@H]1C2. The fraction of sp³-hybridized carbons (Fsp3) is 0.600. The summed E-state index contributed by atoms with van der Waals surface area (Å²) in [6.45, 7) is 4.22. The van der Waals surface area contributed by atoms with Crippen molar-refractivity contribution >= 4 is 23.8 Å². The van der Waals surface area contributed by atoms with Gasteiger partial charge in [0.05, 0.1) is 0 Å². The van der Waals surface area contributed by atoms with E-state index in [9.17, 15) is 9.59 Å². The van der Waals surface area contributed by atoms with E-state index in [-0.39, 0.29) is 23.8 Å². The van der Waals surface area contributed by atoms with Gasteiger partial charge in [-0.05, 0) is 36.7 Å². The fourth-order valence-electron chi connectivity index (χ4n) is 3.99. The minimum absolute atomic E-state index is 0.113. The van der Waals surface area contributed by atoms with Crippen LogP contribution in [-0.2, 0) is 16.1 Å². The summed E-state index contributed by atoms with van der Waals surface area (Å²) in [7, 11) is 0. The predicted molar refractivity (Wildman–Crippen MR) is 104 cm³/mol. The van der Waals surface area contributed by atoms with Crippen molar-refractivity contribution in [1.29, 1.82) is 0 Å². The van der Waals surface area contributed by atoms with Gasteiger partial charge < -0.3 is 15.4 Å². The quantitative estimate of drug-likeness (QED) is 0.712. The largest absolute Gasteiger partial charge is 0.445 e. The highest BCUT2D eigenvalue weighted by atomic mass is 32.2. The average Bonchev–Trinajstić information content (AvgIpc) is 3.23. The number of carbonyl (C=O) groups is 2. The van der Waals surface area contributed by atoms with E-state index >= 15 is 0 Å². The van der Waals surface area contributed by atoms with E-state index in [1.807, 2.05) is 44.2 Å². The highest BCUT2D eigenvalue weighted by Crippen LogP contribution is 2.44. The minimum Gasteiger partial charge on any atom is -0.445 e. The Labute approximate surface area is 159 Å². The Hall–Kier alpha value is -1.69. The number of ether oxygens (including phenoxy) is 1. The molecule has 26 heavy (non-hydrogen) atoms. The molecule has 1 aromatic carbocycles. The minimum atomic E-state index is -0.627. The normalized spacial score (nSPS) is 25.1. The van der Waals surface area contributed by atoms with Crippen LogP contribution in [0.25, 0.3) is 0 Å². The van der Waals surface area contributed by atoms with Crippen molar-refractivity contribution in [3.63, 3.8) is 0 Å². The Bertz CT molecular complexity index is 623. The van der Waals surface area contributed by atoms with Crippen LogP contribution in [0.2, 0.25) is 0 Å². The second kappa shape index (κ2) is 8.80. The Morgan fingerprint density at radius 3 is 2.58 bits per heavy atom. The lowest BCUT2D eigenvalue weighted by atomic mass is 9.95. The van der Waals surface area contributed by atoms with Crippen molar-refractivity contribution < 1.29 is 14.3 Å². The molecule has 0 aliphatic heterocycles. The molecule has 1 aromatic rings. The number of fused-ring (bicyclic) bond motifs is 2. The van der Waals surface area contributed by atoms with Gasteiger partial charge in [-0.25, -0.2) is 4.79 Å². The first kappa shape index (κ1) is 19.1. The maximum absolute atomic E-state index is 12.7. The van der Waals surface area contributed by atoms with Gasteiger partial charge in [-0.2, -0.15) is 0 Å². The molecule has 0 aromatic heterocycles. The van der Waals surface area contributed by atoms with E-state index in [0.29, 0.717) is 5.92 Å². The van der Waals surface area contributed by atoms with E-state index in [2.05, 4.69) is 10.6 Å². The molecule has 142 valence electrons. The third kappa shape index (κ3) is 5.16. The van der Waals surface area contributed by atoms with Crippen molar-refractivity contribution in [1.82, 2.24) is 10.6 Å². The van der Waals surface area contributed by atoms with E-state index in [0.717, 1.165) is 17.9 Å².